The lowest BCUT2D eigenvalue weighted by Crippen LogP contribution is -2.26. The summed E-state index contributed by atoms with van der Waals surface area (Å²) in [4.78, 5) is 2.31. The standard InChI is InChI=1S/C13H23FN2.C3H8O.CH4O/c1-3-16(2)10-12-6-4-11(5-7-12)8-13(15)9-14;1-3-4-2;1-2/h4-6,12-13H,3,7-10,15H2,1-2H3;3H2,1-2H3;2H,1H3. The Kier molecular flexibility index (Phi) is 17.8. The molecule has 0 aromatic heterocycles. The first kappa shape index (κ1) is 23.5. The highest BCUT2D eigenvalue weighted by Crippen LogP contribution is 2.20. The normalized spacial score (nSPS) is 17.9. The van der Waals surface area contributed by atoms with Crippen molar-refractivity contribution in [2.24, 2.45) is 11.7 Å². The molecular formula is C17H35FN2O2. The number of hydrogen-bond acceptors (Lipinski definition) is 4. The quantitative estimate of drug-likeness (QED) is 0.757. The lowest BCUT2D eigenvalue weighted by Gasteiger charge is -2.22. The summed E-state index contributed by atoms with van der Waals surface area (Å²) >= 11 is 0. The molecule has 1 aliphatic carbocycles. The van der Waals surface area contributed by atoms with Crippen LogP contribution in [0.2, 0.25) is 0 Å². The van der Waals surface area contributed by atoms with Crippen molar-refractivity contribution >= 4 is 0 Å². The van der Waals surface area contributed by atoms with Crippen LogP contribution >= 0.6 is 0 Å². The minimum atomic E-state index is -0.437. The fourth-order valence-corrected chi connectivity index (χ4v) is 1.88. The van der Waals surface area contributed by atoms with Gasteiger partial charge in [0.1, 0.15) is 6.67 Å². The van der Waals surface area contributed by atoms with Crippen LogP contribution in [0.15, 0.2) is 23.8 Å². The minimum absolute atomic E-state index is 0.342. The van der Waals surface area contributed by atoms with Gasteiger partial charge in [0.15, 0.2) is 0 Å². The SMILES string of the molecule is CCN(C)CC1C=CC(CC(N)CF)=CC1.CCOC.CO. The second-order valence-electron chi connectivity index (χ2n) is 5.18. The van der Waals surface area contributed by atoms with Gasteiger partial charge in [-0.3, -0.25) is 0 Å². The summed E-state index contributed by atoms with van der Waals surface area (Å²) in [5.41, 5.74) is 6.76. The molecule has 0 aromatic carbocycles. The third-order valence-corrected chi connectivity index (χ3v) is 3.34. The number of ether oxygens (including phenoxy) is 1. The molecule has 1 rings (SSSR count). The van der Waals surface area contributed by atoms with E-state index in [1.54, 1.807) is 7.11 Å². The van der Waals surface area contributed by atoms with Gasteiger partial charge in [0.05, 0.1) is 0 Å². The van der Waals surface area contributed by atoms with E-state index in [1.807, 2.05) is 6.92 Å². The Labute approximate surface area is 135 Å². The van der Waals surface area contributed by atoms with Crippen LogP contribution in [0.1, 0.15) is 26.7 Å². The van der Waals surface area contributed by atoms with E-state index in [0.29, 0.717) is 12.3 Å². The molecule has 0 radical (unpaired) electrons. The van der Waals surface area contributed by atoms with Gasteiger partial charge in [0.25, 0.3) is 0 Å². The molecule has 3 N–H and O–H groups in total. The smallest absolute Gasteiger partial charge is 0.105 e. The average Bonchev–Trinajstić information content (AvgIpc) is 2.58. The number of alkyl halides is 1. The van der Waals surface area contributed by atoms with Crippen LogP contribution in [0.4, 0.5) is 4.39 Å². The molecule has 2 unspecified atom stereocenters. The molecule has 0 fully saturated rings. The number of methoxy groups -OCH3 is 1. The second kappa shape index (κ2) is 16.6. The Morgan fingerprint density at radius 3 is 2.41 bits per heavy atom. The summed E-state index contributed by atoms with van der Waals surface area (Å²) in [7, 11) is 4.81. The highest BCUT2D eigenvalue weighted by atomic mass is 19.1. The van der Waals surface area contributed by atoms with E-state index in [9.17, 15) is 4.39 Å². The third-order valence-electron chi connectivity index (χ3n) is 3.34. The van der Waals surface area contributed by atoms with E-state index >= 15 is 0 Å². The Bertz CT molecular complexity index is 294. The molecule has 4 nitrogen and oxygen atoms in total. The Morgan fingerprint density at radius 2 is 2.05 bits per heavy atom. The van der Waals surface area contributed by atoms with Crippen molar-refractivity contribution in [1.82, 2.24) is 4.90 Å². The van der Waals surface area contributed by atoms with Crippen LogP contribution in [0.5, 0.6) is 0 Å². The van der Waals surface area contributed by atoms with Gasteiger partial charge in [-0.1, -0.05) is 30.7 Å². The Hall–Kier alpha value is -0.750. The van der Waals surface area contributed by atoms with Crippen molar-refractivity contribution in [1.29, 1.82) is 0 Å². The number of aliphatic hydroxyl groups is 1. The maximum atomic E-state index is 12.3. The first-order valence-electron chi connectivity index (χ1n) is 7.88. The van der Waals surface area contributed by atoms with E-state index in [2.05, 4.69) is 41.8 Å². The highest BCUT2D eigenvalue weighted by molar-refractivity contribution is 5.24. The summed E-state index contributed by atoms with van der Waals surface area (Å²) in [5.74, 6) is 0.593. The molecule has 22 heavy (non-hydrogen) atoms. The number of nitrogens with two attached hydrogens (primary N) is 1. The fraction of sp³-hybridized carbons (Fsp3) is 0.765. The molecule has 2 atom stereocenters. The maximum Gasteiger partial charge on any atom is 0.105 e. The maximum absolute atomic E-state index is 12.3. The number of halogens is 1. The Balaban J connectivity index is 0. The molecule has 0 aromatic rings. The van der Waals surface area contributed by atoms with Crippen molar-refractivity contribution in [2.75, 3.05) is 47.6 Å². The van der Waals surface area contributed by atoms with E-state index in [1.165, 1.54) is 5.57 Å². The molecule has 0 aliphatic heterocycles. The van der Waals surface area contributed by atoms with E-state index in [4.69, 9.17) is 10.8 Å². The van der Waals surface area contributed by atoms with E-state index in [0.717, 1.165) is 33.2 Å². The average molecular weight is 318 g/mol. The lowest BCUT2D eigenvalue weighted by molar-refractivity contribution is 0.215. The summed E-state index contributed by atoms with van der Waals surface area (Å²) in [6.07, 6.45) is 8.24. The molecule has 5 heteroatoms. The monoisotopic (exact) mass is 318 g/mol. The molecule has 0 bridgehead atoms. The van der Waals surface area contributed by atoms with Crippen LogP contribution in [-0.2, 0) is 4.74 Å². The minimum Gasteiger partial charge on any atom is -0.400 e. The van der Waals surface area contributed by atoms with Crippen LogP contribution in [0.3, 0.4) is 0 Å². The first-order chi connectivity index (χ1) is 10.6. The summed E-state index contributed by atoms with van der Waals surface area (Å²) in [6, 6.07) is -0.342. The van der Waals surface area contributed by atoms with Crippen LogP contribution in [0, 0.1) is 5.92 Å². The van der Waals surface area contributed by atoms with Gasteiger partial charge in [-0.2, -0.15) is 0 Å². The molecule has 132 valence electrons. The summed E-state index contributed by atoms with van der Waals surface area (Å²) in [5, 5.41) is 7.00. The second-order valence-corrected chi connectivity index (χ2v) is 5.18. The van der Waals surface area contributed by atoms with Crippen LogP contribution in [0.25, 0.3) is 0 Å². The largest absolute Gasteiger partial charge is 0.400 e. The fourth-order valence-electron chi connectivity index (χ4n) is 1.88. The van der Waals surface area contributed by atoms with Crippen LogP contribution < -0.4 is 5.73 Å². The van der Waals surface area contributed by atoms with Gasteiger partial charge in [-0.25, -0.2) is 4.39 Å². The molecule has 0 saturated carbocycles. The van der Waals surface area contributed by atoms with E-state index < -0.39 is 6.67 Å². The van der Waals surface area contributed by atoms with Crippen LogP contribution in [-0.4, -0.2) is 63.7 Å². The zero-order valence-corrected chi connectivity index (χ0v) is 14.9. The summed E-state index contributed by atoms with van der Waals surface area (Å²) < 4.78 is 16.8. The van der Waals surface area contributed by atoms with E-state index in [-0.39, 0.29) is 6.04 Å². The molecular weight excluding hydrogens is 283 g/mol. The number of allylic oxidation sites excluding steroid dienone is 2. The van der Waals surface area contributed by atoms with Gasteiger partial charge < -0.3 is 20.5 Å². The molecule has 1 aliphatic rings. The van der Waals surface area contributed by atoms with Crippen molar-refractivity contribution in [3.63, 3.8) is 0 Å². The predicted molar refractivity (Wildman–Crippen MR) is 92.8 cm³/mol. The molecule has 0 saturated heterocycles. The number of nitrogens with zero attached hydrogens (tertiary/aromatic N) is 1. The summed E-state index contributed by atoms with van der Waals surface area (Å²) in [6.45, 7) is 6.67. The van der Waals surface area contributed by atoms with Crippen molar-refractivity contribution in [2.45, 2.75) is 32.7 Å². The Morgan fingerprint density at radius 1 is 1.45 bits per heavy atom. The van der Waals surface area contributed by atoms with Crippen molar-refractivity contribution in [3.8, 4) is 0 Å². The zero-order valence-electron chi connectivity index (χ0n) is 14.9. The van der Waals surface area contributed by atoms with Gasteiger partial charge in [-0.05, 0) is 39.3 Å². The number of aliphatic hydroxyl groups excluding tert-OH is 1. The lowest BCUT2D eigenvalue weighted by atomic mass is 9.93. The molecule has 0 heterocycles. The van der Waals surface area contributed by atoms with Gasteiger partial charge in [-0.15, -0.1) is 0 Å². The van der Waals surface area contributed by atoms with Gasteiger partial charge in [0, 0.05) is 33.4 Å². The van der Waals surface area contributed by atoms with Crippen molar-refractivity contribution in [3.05, 3.63) is 23.8 Å². The third kappa shape index (κ3) is 13.0. The van der Waals surface area contributed by atoms with Gasteiger partial charge >= 0.3 is 0 Å². The molecule has 0 amide bonds. The predicted octanol–water partition coefficient (Wildman–Crippen LogP) is 2.39. The zero-order chi connectivity index (χ0) is 17.4. The highest BCUT2D eigenvalue weighted by Gasteiger charge is 2.12. The number of hydrogen-bond donors (Lipinski definition) is 2. The topological polar surface area (TPSA) is 58.7 Å². The van der Waals surface area contributed by atoms with Gasteiger partial charge in [0.2, 0.25) is 0 Å². The van der Waals surface area contributed by atoms with Crippen molar-refractivity contribution < 1.29 is 14.2 Å². The number of rotatable bonds is 7. The first-order valence-corrected chi connectivity index (χ1v) is 7.88. The molecule has 0 spiro atoms.